The molecule has 0 unspecified atom stereocenters. The molecule has 1 aromatic carbocycles. The largest absolute Gasteiger partial charge is 0.383 e. The second-order valence-corrected chi connectivity index (χ2v) is 7.54. The third kappa shape index (κ3) is 4.40. The second kappa shape index (κ2) is 9.07. The molecule has 1 saturated heterocycles. The highest BCUT2D eigenvalue weighted by molar-refractivity contribution is 6.43. The molecule has 3 rings (SSSR count). The molecule has 28 heavy (non-hydrogen) atoms. The number of ether oxygens (including phenoxy) is 1. The molecule has 150 valence electrons. The second-order valence-electron chi connectivity index (χ2n) is 6.78. The minimum absolute atomic E-state index is 0.0222. The molecule has 1 aliphatic rings. The van der Waals surface area contributed by atoms with Gasteiger partial charge < -0.3 is 14.2 Å². The summed E-state index contributed by atoms with van der Waals surface area (Å²) < 4.78 is 19.4. The number of nitrogens with zero attached hydrogens (tertiary/aromatic N) is 2. The van der Waals surface area contributed by atoms with Gasteiger partial charge in [0.25, 0.3) is 11.5 Å². The summed E-state index contributed by atoms with van der Waals surface area (Å²) in [5, 5.41) is -0.184. The summed E-state index contributed by atoms with van der Waals surface area (Å²) in [5.74, 6) is -0.235. The predicted octanol–water partition coefficient (Wildman–Crippen LogP) is 3.96. The van der Waals surface area contributed by atoms with Crippen molar-refractivity contribution >= 4 is 29.1 Å². The molecule has 1 amide bonds. The molecule has 0 bridgehead atoms. The Bertz CT molecular complexity index is 907. The number of halogens is 3. The molecular formula is C20H21Cl2FN2O3. The lowest BCUT2D eigenvalue weighted by atomic mass is 9.89. The minimum atomic E-state index is -0.449. The van der Waals surface area contributed by atoms with Gasteiger partial charge in [-0.15, -0.1) is 0 Å². The van der Waals surface area contributed by atoms with Gasteiger partial charge in [0.15, 0.2) is 0 Å². The lowest BCUT2D eigenvalue weighted by Gasteiger charge is -2.32. The fraction of sp³-hybridized carbons (Fsp3) is 0.400. The van der Waals surface area contributed by atoms with Gasteiger partial charge in [-0.2, -0.15) is 0 Å². The first-order valence-corrected chi connectivity index (χ1v) is 9.80. The van der Waals surface area contributed by atoms with E-state index in [9.17, 15) is 14.0 Å². The van der Waals surface area contributed by atoms with E-state index in [4.69, 9.17) is 27.9 Å². The smallest absolute Gasteiger partial charge is 0.270 e. The maximum Gasteiger partial charge on any atom is 0.270 e. The number of carbonyl (C=O) groups is 1. The van der Waals surface area contributed by atoms with Crippen molar-refractivity contribution in [2.45, 2.75) is 25.3 Å². The highest BCUT2D eigenvalue weighted by Crippen LogP contribution is 2.30. The standard InChI is InChI=1S/C20H21Cl2FN2O3/c1-28-11-10-25-12-16(17(21)18(22)20(25)27)19(26)24-8-6-14(7-9-24)13-2-4-15(23)5-3-13/h2-5,12,14H,6-11H2,1H3. The van der Waals surface area contributed by atoms with Crippen molar-refractivity contribution in [3.05, 3.63) is 67.8 Å². The summed E-state index contributed by atoms with van der Waals surface area (Å²) in [7, 11) is 1.53. The monoisotopic (exact) mass is 426 g/mol. The number of methoxy groups -OCH3 is 1. The minimum Gasteiger partial charge on any atom is -0.383 e. The maximum absolute atomic E-state index is 13.1. The van der Waals surface area contributed by atoms with E-state index in [2.05, 4.69) is 0 Å². The molecule has 0 aliphatic carbocycles. The lowest BCUT2D eigenvalue weighted by Crippen LogP contribution is -2.39. The van der Waals surface area contributed by atoms with Gasteiger partial charge in [0.2, 0.25) is 0 Å². The first-order chi connectivity index (χ1) is 13.4. The van der Waals surface area contributed by atoms with Gasteiger partial charge >= 0.3 is 0 Å². The van der Waals surface area contributed by atoms with Crippen LogP contribution in [0, 0.1) is 5.82 Å². The van der Waals surface area contributed by atoms with Crippen molar-refractivity contribution in [3.63, 3.8) is 0 Å². The summed E-state index contributed by atoms with van der Waals surface area (Å²) >= 11 is 12.3. The number of likely N-dealkylation sites (tertiary alicyclic amines) is 1. The molecule has 0 saturated carbocycles. The van der Waals surface area contributed by atoms with Crippen LogP contribution >= 0.6 is 23.2 Å². The third-order valence-corrected chi connectivity index (χ3v) is 5.89. The summed E-state index contributed by atoms with van der Waals surface area (Å²) in [5.41, 5.74) is 0.834. The van der Waals surface area contributed by atoms with Crippen LogP contribution in [0.2, 0.25) is 10.0 Å². The van der Waals surface area contributed by atoms with Crippen LogP contribution in [0.5, 0.6) is 0 Å². The van der Waals surface area contributed by atoms with Gasteiger partial charge in [0, 0.05) is 32.9 Å². The Morgan fingerprint density at radius 1 is 1.18 bits per heavy atom. The SMILES string of the molecule is COCCn1cc(C(=O)N2CCC(c3ccc(F)cc3)CC2)c(Cl)c(Cl)c1=O. The molecule has 1 aromatic heterocycles. The number of aromatic nitrogens is 1. The Labute approximate surface area is 172 Å². The van der Waals surface area contributed by atoms with Crippen molar-refractivity contribution in [2.24, 2.45) is 0 Å². The third-order valence-electron chi connectivity index (χ3n) is 5.05. The number of rotatable bonds is 5. The van der Waals surface area contributed by atoms with Crippen LogP contribution in [0.15, 0.2) is 35.3 Å². The number of hydrogen-bond acceptors (Lipinski definition) is 3. The lowest BCUT2D eigenvalue weighted by molar-refractivity contribution is 0.0712. The highest BCUT2D eigenvalue weighted by atomic mass is 35.5. The molecular weight excluding hydrogens is 406 g/mol. The number of benzene rings is 1. The van der Waals surface area contributed by atoms with Crippen LogP contribution in [0.1, 0.15) is 34.7 Å². The Morgan fingerprint density at radius 2 is 1.82 bits per heavy atom. The van der Waals surface area contributed by atoms with E-state index >= 15 is 0 Å². The van der Waals surface area contributed by atoms with Crippen molar-refractivity contribution in [1.29, 1.82) is 0 Å². The van der Waals surface area contributed by atoms with Gasteiger partial charge in [0.1, 0.15) is 10.8 Å². The van der Waals surface area contributed by atoms with Crippen LogP contribution in [-0.4, -0.2) is 42.2 Å². The van der Waals surface area contributed by atoms with Gasteiger partial charge in [0.05, 0.1) is 17.2 Å². The first kappa shape index (κ1) is 20.8. The van der Waals surface area contributed by atoms with Crippen LogP contribution in [0.3, 0.4) is 0 Å². The first-order valence-electron chi connectivity index (χ1n) is 9.04. The molecule has 8 heteroatoms. The molecule has 0 atom stereocenters. The number of carbonyl (C=O) groups excluding carboxylic acids is 1. The Kier molecular flexibility index (Phi) is 6.75. The zero-order valence-corrected chi connectivity index (χ0v) is 17.0. The fourth-order valence-corrected chi connectivity index (χ4v) is 3.86. The summed E-state index contributed by atoms with van der Waals surface area (Å²) in [6.45, 7) is 1.69. The average Bonchev–Trinajstić information content (AvgIpc) is 2.72. The number of piperidine rings is 1. The molecule has 0 spiro atoms. The van der Waals surface area contributed by atoms with Gasteiger partial charge in [-0.25, -0.2) is 4.39 Å². The Morgan fingerprint density at radius 3 is 2.43 bits per heavy atom. The summed E-state index contributed by atoms with van der Waals surface area (Å²) in [4.78, 5) is 26.9. The number of amides is 1. The van der Waals surface area contributed by atoms with Crippen LogP contribution < -0.4 is 5.56 Å². The molecule has 0 radical (unpaired) electrons. The van der Waals surface area contributed by atoms with Crippen molar-refractivity contribution < 1.29 is 13.9 Å². The van der Waals surface area contributed by atoms with E-state index in [1.165, 1.54) is 30.0 Å². The summed E-state index contributed by atoms with van der Waals surface area (Å²) in [6, 6.07) is 6.50. The van der Waals surface area contributed by atoms with E-state index in [0.717, 1.165) is 18.4 Å². The normalized spacial score (nSPS) is 15.1. The number of pyridine rings is 1. The predicted molar refractivity (Wildman–Crippen MR) is 107 cm³/mol. The zero-order chi connectivity index (χ0) is 20.3. The molecule has 1 fully saturated rings. The maximum atomic E-state index is 13.1. The number of hydrogen-bond donors (Lipinski definition) is 0. The molecule has 1 aliphatic heterocycles. The van der Waals surface area contributed by atoms with E-state index in [0.29, 0.717) is 19.7 Å². The Hall–Kier alpha value is -1.89. The van der Waals surface area contributed by atoms with E-state index in [1.54, 1.807) is 17.0 Å². The van der Waals surface area contributed by atoms with Crippen molar-refractivity contribution in [1.82, 2.24) is 9.47 Å². The molecule has 0 N–H and O–H groups in total. The fourth-order valence-electron chi connectivity index (χ4n) is 3.44. The average molecular weight is 427 g/mol. The molecule has 2 aromatic rings. The molecule has 2 heterocycles. The van der Waals surface area contributed by atoms with Crippen LogP contribution in [0.4, 0.5) is 4.39 Å². The quantitative estimate of drug-likeness (QED) is 0.726. The van der Waals surface area contributed by atoms with E-state index in [-0.39, 0.29) is 39.8 Å². The van der Waals surface area contributed by atoms with Crippen LogP contribution in [0.25, 0.3) is 0 Å². The van der Waals surface area contributed by atoms with E-state index < -0.39 is 5.56 Å². The van der Waals surface area contributed by atoms with Gasteiger partial charge in [-0.05, 0) is 36.5 Å². The Balaban J connectivity index is 1.75. The highest BCUT2D eigenvalue weighted by Gasteiger charge is 2.27. The zero-order valence-electron chi connectivity index (χ0n) is 15.5. The van der Waals surface area contributed by atoms with Gasteiger partial charge in [-0.3, -0.25) is 9.59 Å². The van der Waals surface area contributed by atoms with E-state index in [1.807, 2.05) is 0 Å². The van der Waals surface area contributed by atoms with Crippen LogP contribution in [-0.2, 0) is 11.3 Å². The van der Waals surface area contributed by atoms with Crippen molar-refractivity contribution in [3.8, 4) is 0 Å². The van der Waals surface area contributed by atoms with Gasteiger partial charge in [-0.1, -0.05) is 35.3 Å². The topological polar surface area (TPSA) is 51.5 Å². The summed E-state index contributed by atoms with van der Waals surface area (Å²) in [6.07, 6.45) is 2.99. The molecule has 5 nitrogen and oxygen atoms in total. The van der Waals surface area contributed by atoms with Crippen molar-refractivity contribution in [2.75, 3.05) is 26.8 Å².